The first-order valence-electron chi connectivity index (χ1n) is 8.19. The summed E-state index contributed by atoms with van der Waals surface area (Å²) in [4.78, 5) is 14.5. The van der Waals surface area contributed by atoms with Gasteiger partial charge in [0.1, 0.15) is 11.5 Å². The molecule has 0 bridgehead atoms. The average molecular weight is 351 g/mol. The van der Waals surface area contributed by atoms with Gasteiger partial charge in [-0.3, -0.25) is 4.79 Å². The largest absolute Gasteiger partial charge is 0.497 e. The summed E-state index contributed by atoms with van der Waals surface area (Å²) in [7, 11) is 4.86. The van der Waals surface area contributed by atoms with Crippen LogP contribution in [0.3, 0.4) is 0 Å². The number of nitrogens with zero attached hydrogens (tertiary/aromatic N) is 3. The van der Waals surface area contributed by atoms with E-state index in [2.05, 4.69) is 5.10 Å². The number of benzene rings is 2. The lowest BCUT2D eigenvalue weighted by Crippen LogP contribution is -2.26. The predicted octanol–water partition coefficient (Wildman–Crippen LogP) is 3.16. The number of hydrogen-bond acceptors (Lipinski definition) is 4. The van der Waals surface area contributed by atoms with E-state index in [1.54, 1.807) is 55.2 Å². The average Bonchev–Trinajstić information content (AvgIpc) is 3.16. The third-order valence-corrected chi connectivity index (χ3v) is 4.06. The van der Waals surface area contributed by atoms with Crippen molar-refractivity contribution in [2.75, 3.05) is 21.3 Å². The van der Waals surface area contributed by atoms with E-state index in [1.807, 2.05) is 36.5 Å². The van der Waals surface area contributed by atoms with Crippen LogP contribution in [-0.4, -0.2) is 41.9 Å². The van der Waals surface area contributed by atoms with Crippen LogP contribution in [0.1, 0.15) is 15.9 Å². The normalized spacial score (nSPS) is 10.4. The molecule has 2 aromatic carbocycles. The van der Waals surface area contributed by atoms with E-state index >= 15 is 0 Å². The van der Waals surface area contributed by atoms with Crippen LogP contribution in [0.4, 0.5) is 0 Å². The molecule has 26 heavy (non-hydrogen) atoms. The first-order valence-corrected chi connectivity index (χ1v) is 8.19. The second-order valence-electron chi connectivity index (χ2n) is 5.86. The summed E-state index contributed by atoms with van der Waals surface area (Å²) in [6.07, 6.45) is 3.68. The first kappa shape index (κ1) is 17.5. The summed E-state index contributed by atoms with van der Waals surface area (Å²) in [5.74, 6) is 0.982. The van der Waals surface area contributed by atoms with Gasteiger partial charge in [0.25, 0.3) is 5.91 Å². The highest BCUT2D eigenvalue weighted by Crippen LogP contribution is 2.25. The highest BCUT2D eigenvalue weighted by molar-refractivity contribution is 5.97. The highest BCUT2D eigenvalue weighted by atomic mass is 16.5. The maximum Gasteiger partial charge on any atom is 0.257 e. The minimum Gasteiger partial charge on any atom is -0.497 e. The number of ether oxygens (including phenoxy) is 2. The minimum absolute atomic E-state index is 0.145. The minimum atomic E-state index is -0.145. The lowest BCUT2D eigenvalue weighted by Gasteiger charge is -2.18. The van der Waals surface area contributed by atoms with Gasteiger partial charge >= 0.3 is 0 Å². The van der Waals surface area contributed by atoms with Crippen molar-refractivity contribution in [1.82, 2.24) is 14.7 Å². The Bertz CT molecular complexity index is 890. The Morgan fingerprint density at radius 1 is 1.12 bits per heavy atom. The van der Waals surface area contributed by atoms with Gasteiger partial charge < -0.3 is 14.4 Å². The van der Waals surface area contributed by atoms with Crippen LogP contribution in [0.25, 0.3) is 5.69 Å². The topological polar surface area (TPSA) is 56.6 Å². The lowest BCUT2D eigenvalue weighted by molar-refractivity contribution is 0.0781. The number of aromatic nitrogens is 2. The van der Waals surface area contributed by atoms with Gasteiger partial charge in [0.05, 0.1) is 31.7 Å². The van der Waals surface area contributed by atoms with E-state index in [-0.39, 0.29) is 5.91 Å². The number of hydrogen-bond donors (Lipinski definition) is 0. The molecule has 0 fully saturated rings. The zero-order valence-corrected chi connectivity index (χ0v) is 15.0. The van der Waals surface area contributed by atoms with E-state index in [1.165, 1.54) is 0 Å². The Hall–Kier alpha value is -3.28. The Kier molecular flexibility index (Phi) is 5.22. The standard InChI is InChI=1S/C20H21N3O3/c1-22(20(24)18-11-17(25-2)9-10-19(18)26-3)13-15-12-21-23(14-15)16-7-5-4-6-8-16/h4-12,14H,13H2,1-3H3. The molecule has 134 valence electrons. The molecule has 0 saturated carbocycles. The van der Waals surface area contributed by atoms with Crippen molar-refractivity contribution in [3.8, 4) is 17.2 Å². The second kappa shape index (κ2) is 7.74. The van der Waals surface area contributed by atoms with Gasteiger partial charge in [0.2, 0.25) is 0 Å². The molecular weight excluding hydrogens is 330 g/mol. The summed E-state index contributed by atoms with van der Waals surface area (Å²) < 4.78 is 12.3. The van der Waals surface area contributed by atoms with Crippen LogP contribution in [0.15, 0.2) is 60.9 Å². The number of rotatable bonds is 6. The molecule has 0 spiro atoms. The molecule has 3 rings (SSSR count). The van der Waals surface area contributed by atoms with Gasteiger partial charge in [0.15, 0.2) is 0 Å². The van der Waals surface area contributed by atoms with Gasteiger partial charge in [-0.05, 0) is 30.3 Å². The maximum atomic E-state index is 12.8. The van der Waals surface area contributed by atoms with Crippen LogP contribution in [0, 0.1) is 0 Å². The van der Waals surface area contributed by atoms with Crippen molar-refractivity contribution in [3.05, 3.63) is 72.1 Å². The molecule has 6 heteroatoms. The van der Waals surface area contributed by atoms with Crippen molar-refractivity contribution < 1.29 is 14.3 Å². The molecule has 6 nitrogen and oxygen atoms in total. The third kappa shape index (κ3) is 3.69. The van der Waals surface area contributed by atoms with Gasteiger partial charge in [-0.2, -0.15) is 5.10 Å². The molecule has 0 atom stereocenters. The summed E-state index contributed by atoms with van der Waals surface area (Å²) in [6.45, 7) is 0.437. The monoisotopic (exact) mass is 351 g/mol. The number of methoxy groups -OCH3 is 2. The zero-order valence-electron chi connectivity index (χ0n) is 15.0. The molecular formula is C20H21N3O3. The predicted molar refractivity (Wildman–Crippen MR) is 98.9 cm³/mol. The smallest absolute Gasteiger partial charge is 0.257 e. The number of amides is 1. The fraction of sp³-hybridized carbons (Fsp3) is 0.200. The molecule has 3 aromatic rings. The van der Waals surface area contributed by atoms with Crippen LogP contribution < -0.4 is 9.47 Å². The van der Waals surface area contributed by atoms with Crippen molar-refractivity contribution >= 4 is 5.91 Å². The molecule has 0 radical (unpaired) electrons. The molecule has 0 aliphatic heterocycles. The van der Waals surface area contributed by atoms with E-state index in [9.17, 15) is 4.79 Å². The van der Waals surface area contributed by atoms with Crippen molar-refractivity contribution in [2.24, 2.45) is 0 Å². The van der Waals surface area contributed by atoms with E-state index in [0.29, 0.717) is 23.6 Å². The molecule has 0 N–H and O–H groups in total. The maximum absolute atomic E-state index is 12.8. The van der Waals surface area contributed by atoms with Gasteiger partial charge in [-0.1, -0.05) is 18.2 Å². The Labute approximate surface area is 152 Å². The number of carbonyl (C=O) groups is 1. The van der Waals surface area contributed by atoms with Crippen LogP contribution >= 0.6 is 0 Å². The second-order valence-corrected chi connectivity index (χ2v) is 5.86. The quantitative estimate of drug-likeness (QED) is 0.684. The summed E-state index contributed by atoms with van der Waals surface area (Å²) >= 11 is 0. The number of carbonyl (C=O) groups excluding carboxylic acids is 1. The van der Waals surface area contributed by atoms with Crippen LogP contribution in [-0.2, 0) is 6.54 Å². The molecule has 0 saturated heterocycles. The summed E-state index contributed by atoms with van der Waals surface area (Å²) in [6, 6.07) is 15.0. The van der Waals surface area contributed by atoms with Crippen LogP contribution in [0.5, 0.6) is 11.5 Å². The molecule has 1 aromatic heterocycles. The Morgan fingerprint density at radius 3 is 2.58 bits per heavy atom. The highest BCUT2D eigenvalue weighted by Gasteiger charge is 2.18. The van der Waals surface area contributed by atoms with Crippen molar-refractivity contribution in [3.63, 3.8) is 0 Å². The van der Waals surface area contributed by atoms with E-state index < -0.39 is 0 Å². The van der Waals surface area contributed by atoms with Crippen LogP contribution in [0.2, 0.25) is 0 Å². The Morgan fingerprint density at radius 2 is 1.88 bits per heavy atom. The van der Waals surface area contributed by atoms with Gasteiger partial charge in [-0.15, -0.1) is 0 Å². The molecule has 0 unspecified atom stereocenters. The third-order valence-electron chi connectivity index (χ3n) is 4.06. The Balaban J connectivity index is 1.77. The fourth-order valence-corrected chi connectivity index (χ4v) is 2.70. The van der Waals surface area contributed by atoms with Crippen molar-refractivity contribution in [1.29, 1.82) is 0 Å². The molecule has 0 aliphatic rings. The lowest BCUT2D eigenvalue weighted by atomic mass is 10.1. The van der Waals surface area contributed by atoms with Gasteiger partial charge in [0, 0.05) is 25.4 Å². The zero-order chi connectivity index (χ0) is 18.5. The molecule has 1 heterocycles. The summed E-state index contributed by atoms with van der Waals surface area (Å²) in [5, 5.41) is 4.37. The van der Waals surface area contributed by atoms with E-state index in [0.717, 1.165) is 11.3 Å². The summed E-state index contributed by atoms with van der Waals surface area (Å²) in [5.41, 5.74) is 2.37. The van der Waals surface area contributed by atoms with Crippen molar-refractivity contribution in [2.45, 2.75) is 6.54 Å². The van der Waals surface area contributed by atoms with Gasteiger partial charge in [-0.25, -0.2) is 4.68 Å². The molecule has 1 amide bonds. The SMILES string of the molecule is COc1ccc(OC)c(C(=O)N(C)Cc2cnn(-c3ccccc3)c2)c1. The van der Waals surface area contributed by atoms with E-state index in [4.69, 9.17) is 9.47 Å². The number of para-hydroxylation sites is 1. The fourth-order valence-electron chi connectivity index (χ4n) is 2.70. The molecule has 0 aliphatic carbocycles. The first-order chi connectivity index (χ1) is 12.6.